The largest absolute Gasteiger partial charge is 0.454 e. The summed E-state index contributed by atoms with van der Waals surface area (Å²) in [5, 5.41) is 0. The van der Waals surface area contributed by atoms with Crippen LogP contribution in [0.3, 0.4) is 0 Å². The maximum absolute atomic E-state index is 6.62. The summed E-state index contributed by atoms with van der Waals surface area (Å²) in [5.41, 5.74) is 4.89. The third-order valence-electron chi connectivity index (χ3n) is 7.05. The summed E-state index contributed by atoms with van der Waals surface area (Å²) < 4.78 is 29.3. The molecule has 0 radical (unpaired) electrons. The fourth-order valence-corrected chi connectivity index (χ4v) is 5.86. The van der Waals surface area contributed by atoms with Gasteiger partial charge in [-0.2, -0.15) is 0 Å². The van der Waals surface area contributed by atoms with E-state index in [2.05, 4.69) is 37.1 Å². The lowest BCUT2D eigenvalue weighted by atomic mass is 9.58. The molecule has 8 rings (SSSR count). The summed E-state index contributed by atoms with van der Waals surface area (Å²) >= 11 is 0. The molecule has 0 spiro atoms. The van der Waals surface area contributed by atoms with Crippen LogP contribution < -0.4 is 18.9 Å². The lowest BCUT2D eigenvalue weighted by Crippen LogP contribution is -2.63. The van der Waals surface area contributed by atoms with Crippen molar-refractivity contribution in [1.82, 2.24) is 4.90 Å². The molecule has 1 saturated heterocycles. The van der Waals surface area contributed by atoms with Crippen LogP contribution >= 0.6 is 0 Å². The van der Waals surface area contributed by atoms with Gasteiger partial charge in [0.15, 0.2) is 23.0 Å². The van der Waals surface area contributed by atoms with Crippen molar-refractivity contribution in [3.63, 3.8) is 0 Å². The molecule has 0 amide bonds. The molecule has 6 aliphatic rings. The quantitative estimate of drug-likeness (QED) is 0.715. The van der Waals surface area contributed by atoms with Crippen molar-refractivity contribution in [1.29, 1.82) is 0 Å². The van der Waals surface area contributed by atoms with Crippen molar-refractivity contribution in [2.24, 2.45) is 0 Å². The van der Waals surface area contributed by atoms with Crippen LogP contribution in [0.15, 0.2) is 24.3 Å². The van der Waals surface area contributed by atoms with Gasteiger partial charge in [-0.05, 0) is 41.9 Å². The van der Waals surface area contributed by atoms with E-state index in [1.807, 2.05) is 6.07 Å². The minimum atomic E-state index is -0.166. The second kappa shape index (κ2) is 4.51. The van der Waals surface area contributed by atoms with Gasteiger partial charge in [0.05, 0.1) is 6.10 Å². The van der Waals surface area contributed by atoms with Crippen LogP contribution in [0.25, 0.3) is 0 Å². The van der Waals surface area contributed by atoms with E-state index in [0.29, 0.717) is 6.79 Å². The predicted octanol–water partition coefficient (Wildman–Crippen LogP) is 3.04. The number of nitrogens with zero attached hydrogens (tertiary/aromatic N) is 1. The number of hydrogen-bond donors (Lipinski definition) is 0. The Kier molecular flexibility index (Phi) is 2.44. The molecule has 6 nitrogen and oxygen atoms in total. The van der Waals surface area contributed by atoms with Crippen LogP contribution in [0.2, 0.25) is 0 Å². The number of fused-ring (bicyclic) bond motifs is 3. The Labute approximate surface area is 156 Å². The van der Waals surface area contributed by atoms with E-state index >= 15 is 0 Å². The smallest absolute Gasteiger partial charge is 0.231 e. The zero-order valence-corrected chi connectivity index (χ0v) is 15.2. The third-order valence-corrected chi connectivity index (χ3v) is 7.05. The highest BCUT2D eigenvalue weighted by Crippen LogP contribution is 2.64. The van der Waals surface area contributed by atoms with Crippen LogP contribution in [0, 0.1) is 0 Å². The zero-order valence-electron chi connectivity index (χ0n) is 15.2. The highest BCUT2D eigenvalue weighted by molar-refractivity contribution is 5.61. The van der Waals surface area contributed by atoms with Gasteiger partial charge in [0, 0.05) is 23.4 Å². The summed E-state index contributed by atoms with van der Waals surface area (Å²) in [7, 11) is 2.14. The SMILES string of the molecule is CN1[C@@H]2O[C@@H]3Cc4cc5c(cc4[C@H]1[C@]3(C)c1ccc3c(c12)OCO3)OCO5. The van der Waals surface area contributed by atoms with Crippen LogP contribution in [0.5, 0.6) is 23.0 Å². The Bertz CT molecular complexity index is 1020. The molecule has 0 saturated carbocycles. The molecule has 4 bridgehead atoms. The average Bonchev–Trinajstić information content (AvgIpc) is 3.30. The van der Waals surface area contributed by atoms with E-state index < -0.39 is 0 Å². The fourth-order valence-electron chi connectivity index (χ4n) is 5.86. The van der Waals surface area contributed by atoms with Gasteiger partial charge in [-0.15, -0.1) is 0 Å². The highest BCUT2D eigenvalue weighted by Gasteiger charge is 2.62. The standard InChI is InChI=1S/C21H19NO5/c1-21-12-3-4-13-18(26-9-23-13)17(12)20-22(2)19(21)11-7-15-14(24-8-25-15)5-10(11)6-16(21)27-20/h3-5,7,16,19-20H,6,8-9H2,1-2H3/t16-,19+,20-,21-/m1/s1. The topological polar surface area (TPSA) is 49.4 Å². The van der Waals surface area contributed by atoms with E-state index in [-0.39, 0.29) is 30.6 Å². The molecule has 1 fully saturated rings. The summed E-state index contributed by atoms with van der Waals surface area (Å²) in [6.07, 6.45) is 0.855. The predicted molar refractivity (Wildman–Crippen MR) is 94.3 cm³/mol. The summed E-state index contributed by atoms with van der Waals surface area (Å²) in [6.45, 7) is 2.89. The summed E-state index contributed by atoms with van der Waals surface area (Å²) in [6, 6.07) is 8.78. The first-order chi connectivity index (χ1) is 13.2. The second-order valence-corrected chi connectivity index (χ2v) is 8.20. The molecule has 27 heavy (non-hydrogen) atoms. The van der Waals surface area contributed by atoms with E-state index in [1.165, 1.54) is 16.7 Å². The minimum Gasteiger partial charge on any atom is -0.454 e. The van der Waals surface area contributed by atoms with Crippen LogP contribution in [0.1, 0.15) is 41.4 Å². The maximum atomic E-state index is 6.62. The molecule has 138 valence electrons. The molecule has 5 aliphatic heterocycles. The van der Waals surface area contributed by atoms with Crippen molar-refractivity contribution < 1.29 is 23.7 Å². The van der Waals surface area contributed by atoms with Gasteiger partial charge < -0.3 is 23.7 Å². The first kappa shape index (κ1) is 14.6. The van der Waals surface area contributed by atoms with Crippen molar-refractivity contribution in [2.45, 2.75) is 37.1 Å². The van der Waals surface area contributed by atoms with Crippen molar-refractivity contribution >= 4 is 0 Å². The number of rotatable bonds is 0. The molecule has 0 aromatic heterocycles. The number of benzene rings is 2. The lowest BCUT2D eigenvalue weighted by molar-refractivity contribution is -0.220. The maximum Gasteiger partial charge on any atom is 0.231 e. The molecule has 5 heterocycles. The Morgan fingerprint density at radius 3 is 2.67 bits per heavy atom. The molecule has 2 aromatic rings. The zero-order chi connectivity index (χ0) is 17.9. The van der Waals surface area contributed by atoms with Crippen molar-refractivity contribution in [2.75, 3.05) is 20.6 Å². The van der Waals surface area contributed by atoms with Gasteiger partial charge >= 0.3 is 0 Å². The average molecular weight is 365 g/mol. The summed E-state index contributed by atoms with van der Waals surface area (Å²) in [4.78, 5) is 2.33. The Morgan fingerprint density at radius 1 is 1.00 bits per heavy atom. The Balaban J connectivity index is 1.49. The fraction of sp³-hybridized carbons (Fsp3) is 0.429. The molecule has 1 aliphatic carbocycles. The number of likely N-dealkylation sites (N-methyl/N-ethyl adjacent to an activating group) is 1. The third kappa shape index (κ3) is 1.53. The monoisotopic (exact) mass is 365 g/mol. The van der Waals surface area contributed by atoms with Crippen LogP contribution in [-0.4, -0.2) is 31.6 Å². The normalized spacial score (nSPS) is 33.8. The molecule has 0 unspecified atom stereocenters. The second-order valence-electron chi connectivity index (χ2n) is 8.20. The van der Waals surface area contributed by atoms with Gasteiger partial charge in [-0.1, -0.05) is 13.0 Å². The highest BCUT2D eigenvalue weighted by atomic mass is 16.7. The van der Waals surface area contributed by atoms with Crippen molar-refractivity contribution in [3.8, 4) is 23.0 Å². The first-order valence-electron chi connectivity index (χ1n) is 9.39. The van der Waals surface area contributed by atoms with E-state index in [4.69, 9.17) is 23.7 Å². The number of ether oxygens (including phenoxy) is 5. The van der Waals surface area contributed by atoms with Gasteiger partial charge in [-0.25, -0.2) is 0 Å². The molecule has 0 N–H and O–H groups in total. The van der Waals surface area contributed by atoms with E-state index in [1.54, 1.807) is 0 Å². The van der Waals surface area contributed by atoms with E-state index in [0.717, 1.165) is 35.0 Å². The minimum absolute atomic E-state index is 0.115. The van der Waals surface area contributed by atoms with Crippen LogP contribution in [0.4, 0.5) is 0 Å². The molecule has 6 heteroatoms. The van der Waals surface area contributed by atoms with E-state index in [9.17, 15) is 0 Å². The van der Waals surface area contributed by atoms with Gasteiger partial charge in [0.25, 0.3) is 0 Å². The molecular formula is C21H19NO5. The molecular weight excluding hydrogens is 346 g/mol. The Morgan fingerprint density at radius 2 is 1.78 bits per heavy atom. The van der Waals surface area contributed by atoms with Gasteiger partial charge in [0.1, 0.15) is 6.23 Å². The first-order valence-corrected chi connectivity index (χ1v) is 9.39. The van der Waals surface area contributed by atoms with Gasteiger partial charge in [0.2, 0.25) is 13.6 Å². The summed E-state index contributed by atoms with van der Waals surface area (Å²) in [5.74, 6) is 3.35. The molecule has 4 atom stereocenters. The van der Waals surface area contributed by atoms with Gasteiger partial charge in [-0.3, -0.25) is 4.90 Å². The van der Waals surface area contributed by atoms with Crippen LogP contribution in [-0.2, 0) is 16.6 Å². The van der Waals surface area contributed by atoms with Crippen molar-refractivity contribution in [3.05, 3.63) is 46.5 Å². The lowest BCUT2D eigenvalue weighted by Gasteiger charge is -2.62. The number of hydrogen-bond acceptors (Lipinski definition) is 6. The molecule has 2 aromatic carbocycles. The Hall–Kier alpha value is -2.44.